The van der Waals surface area contributed by atoms with Gasteiger partial charge in [0, 0.05) is 12.2 Å². The molecule has 2 amide bonds. The molecule has 1 fully saturated rings. The minimum absolute atomic E-state index is 0.0536. The molecule has 132 valence electrons. The van der Waals surface area contributed by atoms with E-state index in [0.29, 0.717) is 6.54 Å². The fourth-order valence-electron chi connectivity index (χ4n) is 3.17. The molecule has 2 rings (SSSR count). The molecule has 0 aliphatic carbocycles. The van der Waals surface area contributed by atoms with Crippen LogP contribution in [-0.4, -0.2) is 54.1 Å². The summed E-state index contributed by atoms with van der Waals surface area (Å²) >= 11 is 0. The van der Waals surface area contributed by atoms with Crippen LogP contribution in [0.25, 0.3) is 0 Å². The number of aliphatic hydroxyl groups is 1. The number of piperidine rings is 1. The van der Waals surface area contributed by atoms with Crippen LogP contribution in [0, 0.1) is 20.8 Å². The number of carbonyl (C=O) groups excluding carboxylic acids is 2. The Morgan fingerprint density at radius 1 is 1.21 bits per heavy atom. The van der Waals surface area contributed by atoms with Crippen molar-refractivity contribution in [2.24, 2.45) is 0 Å². The monoisotopic (exact) mass is 333 g/mol. The quantitative estimate of drug-likeness (QED) is 0.754. The Morgan fingerprint density at radius 2 is 1.88 bits per heavy atom. The standard InChI is InChI=1S/C18H27N3O3/c1-12-7-13(2)18(14(3)8-12)20-16(23)9-19-17(24)11-21-6-4-5-15(22)10-21/h7-8,15,22H,4-6,9-11H2,1-3H3,(H,19,24)(H,20,23). The first-order valence-electron chi connectivity index (χ1n) is 8.40. The number of anilines is 1. The maximum Gasteiger partial charge on any atom is 0.243 e. The topological polar surface area (TPSA) is 81.7 Å². The summed E-state index contributed by atoms with van der Waals surface area (Å²) in [4.78, 5) is 25.9. The van der Waals surface area contributed by atoms with E-state index in [2.05, 4.69) is 10.6 Å². The molecule has 0 spiro atoms. The van der Waals surface area contributed by atoms with E-state index in [-0.39, 0.29) is 31.0 Å². The normalized spacial score (nSPS) is 18.2. The van der Waals surface area contributed by atoms with Gasteiger partial charge < -0.3 is 15.7 Å². The number of amides is 2. The number of rotatable bonds is 5. The fraction of sp³-hybridized carbons (Fsp3) is 0.556. The van der Waals surface area contributed by atoms with Gasteiger partial charge in [0.15, 0.2) is 0 Å². The number of hydrogen-bond acceptors (Lipinski definition) is 4. The lowest BCUT2D eigenvalue weighted by molar-refractivity contribution is -0.125. The second-order valence-corrected chi connectivity index (χ2v) is 6.63. The molecule has 1 aromatic carbocycles. The molecule has 1 atom stereocenters. The first-order valence-corrected chi connectivity index (χ1v) is 8.40. The molecule has 6 heteroatoms. The van der Waals surface area contributed by atoms with E-state index < -0.39 is 0 Å². The fourth-order valence-corrected chi connectivity index (χ4v) is 3.17. The third-order valence-electron chi connectivity index (χ3n) is 4.24. The van der Waals surface area contributed by atoms with Crippen LogP contribution in [0.3, 0.4) is 0 Å². The maximum atomic E-state index is 12.1. The number of carbonyl (C=O) groups is 2. The second-order valence-electron chi connectivity index (χ2n) is 6.63. The van der Waals surface area contributed by atoms with Gasteiger partial charge in [-0.1, -0.05) is 17.7 Å². The molecule has 0 saturated carbocycles. The van der Waals surface area contributed by atoms with Crippen LogP contribution in [0.2, 0.25) is 0 Å². The number of hydrogen-bond donors (Lipinski definition) is 3. The molecule has 3 N–H and O–H groups in total. The molecule has 1 unspecified atom stereocenters. The number of β-amino-alcohol motifs (C(OH)–C–C–N with tert-alkyl or cyclic N) is 1. The van der Waals surface area contributed by atoms with Crippen molar-refractivity contribution in [2.45, 2.75) is 39.7 Å². The molecule has 1 aliphatic rings. The van der Waals surface area contributed by atoms with Crippen molar-refractivity contribution in [1.82, 2.24) is 10.2 Å². The van der Waals surface area contributed by atoms with Gasteiger partial charge in [0.1, 0.15) is 0 Å². The lowest BCUT2D eigenvalue weighted by Crippen LogP contribution is -2.45. The van der Waals surface area contributed by atoms with Gasteiger partial charge >= 0.3 is 0 Å². The Kier molecular flexibility index (Phi) is 6.34. The smallest absolute Gasteiger partial charge is 0.243 e. The van der Waals surface area contributed by atoms with Gasteiger partial charge in [0.2, 0.25) is 11.8 Å². The van der Waals surface area contributed by atoms with Gasteiger partial charge in [-0.2, -0.15) is 0 Å². The highest BCUT2D eigenvalue weighted by molar-refractivity contribution is 5.96. The van der Waals surface area contributed by atoms with Crippen molar-refractivity contribution in [1.29, 1.82) is 0 Å². The summed E-state index contributed by atoms with van der Waals surface area (Å²) in [6.45, 7) is 7.41. The molecular formula is C18H27N3O3. The molecule has 1 saturated heterocycles. The summed E-state index contributed by atoms with van der Waals surface area (Å²) in [6, 6.07) is 4.03. The van der Waals surface area contributed by atoms with Crippen LogP contribution in [0.4, 0.5) is 5.69 Å². The number of nitrogens with one attached hydrogen (secondary N) is 2. The molecule has 1 heterocycles. The molecule has 1 aromatic rings. The van der Waals surface area contributed by atoms with Crippen LogP contribution in [0.15, 0.2) is 12.1 Å². The molecule has 0 aromatic heterocycles. The van der Waals surface area contributed by atoms with Crippen molar-refractivity contribution >= 4 is 17.5 Å². The van der Waals surface area contributed by atoms with Crippen LogP contribution in [-0.2, 0) is 9.59 Å². The predicted molar refractivity (Wildman–Crippen MR) is 94.0 cm³/mol. The minimum Gasteiger partial charge on any atom is -0.392 e. The predicted octanol–water partition coefficient (Wildman–Crippen LogP) is 1.12. The molecule has 0 radical (unpaired) electrons. The highest BCUT2D eigenvalue weighted by atomic mass is 16.3. The SMILES string of the molecule is Cc1cc(C)c(NC(=O)CNC(=O)CN2CCCC(O)C2)c(C)c1. The van der Waals surface area contributed by atoms with Crippen molar-refractivity contribution < 1.29 is 14.7 Å². The zero-order valence-electron chi connectivity index (χ0n) is 14.7. The third-order valence-corrected chi connectivity index (χ3v) is 4.24. The Bertz CT molecular complexity index is 593. The van der Waals surface area contributed by atoms with E-state index in [9.17, 15) is 14.7 Å². The zero-order valence-corrected chi connectivity index (χ0v) is 14.7. The van der Waals surface area contributed by atoms with E-state index in [1.807, 2.05) is 37.8 Å². The van der Waals surface area contributed by atoms with Gasteiger partial charge in [-0.25, -0.2) is 0 Å². The molecule has 0 bridgehead atoms. The van der Waals surface area contributed by atoms with Gasteiger partial charge in [0.25, 0.3) is 0 Å². The first kappa shape index (κ1) is 18.4. The van der Waals surface area contributed by atoms with Gasteiger partial charge in [0.05, 0.1) is 19.2 Å². The van der Waals surface area contributed by atoms with E-state index in [4.69, 9.17) is 0 Å². The molecule has 6 nitrogen and oxygen atoms in total. The highest BCUT2D eigenvalue weighted by Crippen LogP contribution is 2.21. The molecule has 24 heavy (non-hydrogen) atoms. The van der Waals surface area contributed by atoms with E-state index in [1.165, 1.54) is 0 Å². The van der Waals surface area contributed by atoms with Crippen molar-refractivity contribution in [2.75, 3.05) is 31.5 Å². The van der Waals surface area contributed by atoms with E-state index >= 15 is 0 Å². The average molecular weight is 333 g/mol. The van der Waals surface area contributed by atoms with E-state index in [0.717, 1.165) is 41.8 Å². The largest absolute Gasteiger partial charge is 0.392 e. The van der Waals surface area contributed by atoms with Crippen LogP contribution < -0.4 is 10.6 Å². The summed E-state index contributed by atoms with van der Waals surface area (Å²) in [7, 11) is 0. The van der Waals surface area contributed by atoms with Crippen molar-refractivity contribution in [3.05, 3.63) is 28.8 Å². The Hall–Kier alpha value is -1.92. The van der Waals surface area contributed by atoms with Crippen LogP contribution >= 0.6 is 0 Å². The highest BCUT2D eigenvalue weighted by Gasteiger charge is 2.19. The lowest BCUT2D eigenvalue weighted by atomic mass is 10.1. The van der Waals surface area contributed by atoms with Gasteiger partial charge in [-0.15, -0.1) is 0 Å². The molecule has 1 aliphatic heterocycles. The van der Waals surface area contributed by atoms with Crippen molar-refractivity contribution in [3.8, 4) is 0 Å². The maximum absolute atomic E-state index is 12.1. The Labute approximate surface area is 143 Å². The summed E-state index contributed by atoms with van der Waals surface area (Å²) in [5.74, 6) is -0.436. The summed E-state index contributed by atoms with van der Waals surface area (Å²) in [5, 5.41) is 15.1. The number of nitrogens with zero attached hydrogens (tertiary/aromatic N) is 1. The number of likely N-dealkylation sites (tertiary alicyclic amines) is 1. The minimum atomic E-state index is -0.359. The van der Waals surface area contributed by atoms with Gasteiger partial charge in [-0.05, 0) is 51.3 Å². The third kappa shape index (κ3) is 5.32. The number of aliphatic hydroxyl groups excluding tert-OH is 1. The van der Waals surface area contributed by atoms with E-state index in [1.54, 1.807) is 0 Å². The van der Waals surface area contributed by atoms with Gasteiger partial charge in [-0.3, -0.25) is 14.5 Å². The van der Waals surface area contributed by atoms with Crippen LogP contribution in [0.1, 0.15) is 29.5 Å². The summed E-state index contributed by atoms with van der Waals surface area (Å²) in [6.07, 6.45) is 1.32. The first-order chi connectivity index (χ1) is 11.3. The average Bonchev–Trinajstić information content (AvgIpc) is 2.49. The van der Waals surface area contributed by atoms with Crippen LogP contribution in [0.5, 0.6) is 0 Å². The zero-order chi connectivity index (χ0) is 17.7. The Balaban J connectivity index is 1.80. The number of benzene rings is 1. The second kappa shape index (κ2) is 8.26. The lowest BCUT2D eigenvalue weighted by Gasteiger charge is -2.29. The van der Waals surface area contributed by atoms with Crippen molar-refractivity contribution in [3.63, 3.8) is 0 Å². The Morgan fingerprint density at radius 3 is 2.50 bits per heavy atom. The summed E-state index contributed by atoms with van der Waals surface area (Å²) in [5.41, 5.74) is 3.97. The molecular weight excluding hydrogens is 306 g/mol. The number of aryl methyl sites for hydroxylation is 3. The summed E-state index contributed by atoms with van der Waals surface area (Å²) < 4.78 is 0.